The first-order chi connectivity index (χ1) is 17.8. The van der Waals surface area contributed by atoms with E-state index in [2.05, 4.69) is 0 Å². The lowest BCUT2D eigenvalue weighted by molar-refractivity contribution is -0.378. The number of rotatable bonds is 5. The van der Waals surface area contributed by atoms with Gasteiger partial charge in [-0.3, -0.25) is 0 Å². The highest BCUT2D eigenvalue weighted by molar-refractivity contribution is 5.92. The van der Waals surface area contributed by atoms with E-state index in [1.807, 2.05) is 0 Å². The summed E-state index contributed by atoms with van der Waals surface area (Å²) < 4.78 is 33.9. The number of carbonyl (C=O) groups excluding carboxylic acids is 2. The molecule has 206 valence electrons. The molecular weight excluding hydrogens is 512 g/mol. The van der Waals surface area contributed by atoms with Crippen molar-refractivity contribution in [2.24, 2.45) is 0 Å². The number of hydrogen-bond acceptors (Lipinski definition) is 14. The summed E-state index contributed by atoms with van der Waals surface area (Å²) >= 11 is 0. The number of esters is 2. The zero-order chi connectivity index (χ0) is 27.9. The summed E-state index contributed by atoms with van der Waals surface area (Å²) in [6.07, 6.45) is -6.11. The predicted molar refractivity (Wildman–Crippen MR) is 122 cm³/mol. The van der Waals surface area contributed by atoms with Crippen LogP contribution in [0.3, 0.4) is 0 Å². The minimum Gasteiger partial charge on any atom is -0.504 e. The lowest BCUT2D eigenvalue weighted by Crippen LogP contribution is -2.66. The van der Waals surface area contributed by atoms with Crippen LogP contribution in [0.25, 0.3) is 0 Å². The van der Waals surface area contributed by atoms with Crippen LogP contribution >= 0.6 is 0 Å². The van der Waals surface area contributed by atoms with Gasteiger partial charge in [0, 0.05) is 7.11 Å². The summed E-state index contributed by atoms with van der Waals surface area (Å²) in [5, 5.41) is 58.3. The van der Waals surface area contributed by atoms with Gasteiger partial charge in [-0.25, -0.2) is 9.59 Å². The molecule has 2 saturated heterocycles. The zero-order valence-electron chi connectivity index (χ0n) is 20.4. The molecule has 0 bridgehead atoms. The Morgan fingerprint density at radius 2 is 1.26 bits per heavy atom. The van der Waals surface area contributed by atoms with Crippen molar-refractivity contribution in [3.63, 3.8) is 0 Å². The molecule has 5 atom stereocenters. The zero-order valence-corrected chi connectivity index (χ0v) is 20.4. The number of phenolic OH excluding ortho intramolecular Hbond substituents is 6. The molecule has 38 heavy (non-hydrogen) atoms. The number of phenols is 6. The molecule has 2 aliphatic heterocycles. The average Bonchev–Trinajstić information content (AvgIpc) is 2.85. The van der Waals surface area contributed by atoms with Gasteiger partial charge in [0.2, 0.25) is 0 Å². The van der Waals surface area contributed by atoms with Gasteiger partial charge in [-0.15, -0.1) is 0 Å². The molecule has 14 heteroatoms. The summed E-state index contributed by atoms with van der Waals surface area (Å²) in [5.41, 5.74) is -0.707. The van der Waals surface area contributed by atoms with E-state index in [1.54, 1.807) is 13.8 Å². The van der Waals surface area contributed by atoms with Crippen LogP contribution in [0.2, 0.25) is 0 Å². The van der Waals surface area contributed by atoms with Crippen LogP contribution in [0.1, 0.15) is 34.6 Å². The second-order valence-electron chi connectivity index (χ2n) is 9.04. The predicted octanol–water partition coefficient (Wildman–Crippen LogP) is 1.19. The van der Waals surface area contributed by atoms with Crippen molar-refractivity contribution in [3.05, 3.63) is 35.4 Å². The number of aromatic hydroxyl groups is 6. The first kappa shape index (κ1) is 27.1. The Balaban J connectivity index is 1.69. The fourth-order valence-corrected chi connectivity index (χ4v) is 4.08. The quantitative estimate of drug-likeness (QED) is 0.233. The molecule has 2 aliphatic rings. The Labute approximate surface area is 215 Å². The van der Waals surface area contributed by atoms with E-state index in [0.717, 1.165) is 24.3 Å². The summed E-state index contributed by atoms with van der Waals surface area (Å²) in [4.78, 5) is 26.0. The molecule has 14 nitrogen and oxygen atoms in total. The highest BCUT2D eigenvalue weighted by Crippen LogP contribution is 2.39. The molecule has 0 amide bonds. The lowest BCUT2D eigenvalue weighted by atomic mass is 9.96. The number of methoxy groups -OCH3 is 1. The first-order valence-corrected chi connectivity index (χ1v) is 11.2. The van der Waals surface area contributed by atoms with Crippen LogP contribution in [0.4, 0.5) is 0 Å². The van der Waals surface area contributed by atoms with E-state index < -0.39 is 82.9 Å². The van der Waals surface area contributed by atoms with Crippen molar-refractivity contribution in [2.45, 2.75) is 50.3 Å². The van der Waals surface area contributed by atoms with Crippen LogP contribution in [-0.4, -0.2) is 92.8 Å². The molecule has 0 spiro atoms. The minimum absolute atomic E-state index is 0.00721. The molecule has 0 saturated carbocycles. The third kappa shape index (κ3) is 5.19. The molecule has 2 aromatic rings. The molecule has 4 rings (SSSR count). The average molecular weight is 538 g/mol. The Morgan fingerprint density at radius 1 is 0.816 bits per heavy atom. The van der Waals surface area contributed by atoms with E-state index in [-0.39, 0.29) is 17.7 Å². The Hall–Kier alpha value is -3.98. The van der Waals surface area contributed by atoms with Gasteiger partial charge in [0.1, 0.15) is 12.2 Å². The topological polar surface area (TPSA) is 211 Å². The molecule has 0 aromatic heterocycles. The third-order valence-corrected chi connectivity index (χ3v) is 5.94. The first-order valence-electron chi connectivity index (χ1n) is 11.2. The van der Waals surface area contributed by atoms with Gasteiger partial charge in [-0.1, -0.05) is 0 Å². The SMILES string of the molecule is CO[C@@H]1OC2COC(C)(C)O[C@H]2C(OC(=O)c2cc(O)c(O)c(O)c2)C1OC(=O)c1cc(O)c(O)c(O)c1. The monoisotopic (exact) mass is 538 g/mol. The molecule has 0 radical (unpaired) electrons. The van der Waals surface area contributed by atoms with Crippen molar-refractivity contribution in [1.82, 2.24) is 0 Å². The fraction of sp³-hybridized carbons (Fsp3) is 0.417. The van der Waals surface area contributed by atoms with E-state index in [4.69, 9.17) is 28.4 Å². The fourth-order valence-electron chi connectivity index (χ4n) is 4.08. The Kier molecular flexibility index (Phi) is 7.16. The van der Waals surface area contributed by atoms with Gasteiger partial charge in [0.25, 0.3) is 0 Å². The number of benzene rings is 2. The normalized spacial score (nSPS) is 26.2. The standard InChI is InChI=1S/C24H26O14/c1-24(2)34-8-15-18(38-24)19(36-21(31)9-4-11(25)16(29)12(26)5-9)20(23(33-3)35-15)37-22(32)10-6-13(27)17(30)14(28)7-10/h4-7,15,18-20,23,25-30H,8H2,1-3H3/t15?,18-,19?,20?,23-/m1/s1. The molecule has 2 heterocycles. The maximum Gasteiger partial charge on any atom is 0.339 e. The van der Waals surface area contributed by atoms with Crippen molar-refractivity contribution in [3.8, 4) is 34.5 Å². The lowest BCUT2D eigenvalue weighted by Gasteiger charge is -2.49. The molecule has 2 fully saturated rings. The highest BCUT2D eigenvalue weighted by Gasteiger charge is 2.55. The van der Waals surface area contributed by atoms with E-state index in [1.165, 1.54) is 7.11 Å². The third-order valence-electron chi connectivity index (χ3n) is 5.94. The molecule has 2 aromatic carbocycles. The maximum atomic E-state index is 13.1. The minimum atomic E-state index is -1.48. The van der Waals surface area contributed by atoms with E-state index >= 15 is 0 Å². The van der Waals surface area contributed by atoms with Gasteiger partial charge in [0.15, 0.2) is 58.8 Å². The van der Waals surface area contributed by atoms with Crippen molar-refractivity contribution < 1.29 is 68.6 Å². The number of carbonyl (C=O) groups is 2. The largest absolute Gasteiger partial charge is 0.504 e. The second-order valence-corrected chi connectivity index (χ2v) is 9.04. The van der Waals surface area contributed by atoms with Crippen LogP contribution in [0.5, 0.6) is 34.5 Å². The molecule has 0 aliphatic carbocycles. The summed E-state index contributed by atoms with van der Waals surface area (Å²) in [7, 11) is 1.24. The number of ether oxygens (including phenoxy) is 6. The number of hydrogen-bond donors (Lipinski definition) is 6. The maximum absolute atomic E-state index is 13.1. The van der Waals surface area contributed by atoms with Gasteiger partial charge in [-0.2, -0.15) is 0 Å². The van der Waals surface area contributed by atoms with Crippen LogP contribution in [0, 0.1) is 0 Å². The Bertz CT molecular complexity index is 1190. The summed E-state index contributed by atoms with van der Waals surface area (Å²) in [5.74, 6) is -8.19. The van der Waals surface area contributed by atoms with Crippen LogP contribution in [0.15, 0.2) is 24.3 Å². The molecular formula is C24H26O14. The number of fused-ring (bicyclic) bond motifs is 1. The van der Waals surface area contributed by atoms with Crippen LogP contribution in [-0.2, 0) is 28.4 Å². The molecule has 3 unspecified atom stereocenters. The van der Waals surface area contributed by atoms with Gasteiger partial charge >= 0.3 is 11.9 Å². The van der Waals surface area contributed by atoms with Crippen molar-refractivity contribution >= 4 is 11.9 Å². The Morgan fingerprint density at radius 3 is 1.71 bits per heavy atom. The van der Waals surface area contributed by atoms with Gasteiger partial charge in [0.05, 0.1) is 17.7 Å². The smallest absolute Gasteiger partial charge is 0.339 e. The van der Waals surface area contributed by atoms with Gasteiger partial charge < -0.3 is 59.1 Å². The highest BCUT2D eigenvalue weighted by atomic mass is 16.8. The van der Waals surface area contributed by atoms with Crippen LogP contribution < -0.4 is 0 Å². The van der Waals surface area contributed by atoms with Gasteiger partial charge in [-0.05, 0) is 38.1 Å². The van der Waals surface area contributed by atoms with E-state index in [9.17, 15) is 40.2 Å². The molecule has 6 N–H and O–H groups in total. The van der Waals surface area contributed by atoms with Crippen molar-refractivity contribution in [2.75, 3.05) is 13.7 Å². The summed E-state index contributed by atoms with van der Waals surface area (Å²) in [6.45, 7) is 3.19. The second kappa shape index (κ2) is 10.1. The summed E-state index contributed by atoms with van der Waals surface area (Å²) in [6, 6.07) is 3.42. The van der Waals surface area contributed by atoms with E-state index in [0.29, 0.717) is 0 Å². The van der Waals surface area contributed by atoms with Crippen molar-refractivity contribution in [1.29, 1.82) is 0 Å².